The van der Waals surface area contributed by atoms with Crippen LogP contribution in [0.4, 0.5) is 0 Å². The highest BCUT2D eigenvalue weighted by Gasteiger charge is 2.26. The number of nitrogens with one attached hydrogen (secondary N) is 1. The van der Waals surface area contributed by atoms with Crippen molar-refractivity contribution in [3.8, 4) is 0 Å². The van der Waals surface area contributed by atoms with Crippen LogP contribution in [0.3, 0.4) is 0 Å². The molecule has 3 nitrogen and oxygen atoms in total. The molecule has 0 spiro atoms. The van der Waals surface area contributed by atoms with E-state index < -0.39 is 0 Å². The van der Waals surface area contributed by atoms with E-state index in [0.29, 0.717) is 6.10 Å². The molecule has 0 heterocycles. The van der Waals surface area contributed by atoms with Crippen LogP contribution in [0.2, 0.25) is 0 Å². The van der Waals surface area contributed by atoms with Crippen molar-refractivity contribution in [3.05, 3.63) is 0 Å². The number of likely N-dealkylation sites (N-methyl/N-ethyl adjacent to an activating group) is 1. The van der Waals surface area contributed by atoms with Gasteiger partial charge in [0.05, 0.1) is 12.7 Å². The smallest absolute Gasteiger partial charge is 0.0594 e. The van der Waals surface area contributed by atoms with Gasteiger partial charge in [-0.2, -0.15) is 0 Å². The van der Waals surface area contributed by atoms with Gasteiger partial charge in [-0.15, -0.1) is 0 Å². The highest BCUT2D eigenvalue weighted by Crippen LogP contribution is 2.25. The minimum Gasteiger partial charge on any atom is -0.377 e. The van der Waals surface area contributed by atoms with Gasteiger partial charge in [-0.3, -0.25) is 4.90 Å². The third-order valence-corrected chi connectivity index (χ3v) is 2.78. The summed E-state index contributed by atoms with van der Waals surface area (Å²) in [7, 11) is 0. The summed E-state index contributed by atoms with van der Waals surface area (Å²) in [6.07, 6.45) is 3.17. The van der Waals surface area contributed by atoms with Gasteiger partial charge in [-0.25, -0.2) is 0 Å². The first kappa shape index (κ1) is 12.9. The molecule has 1 N–H and O–H groups in total. The molecule has 0 saturated heterocycles. The van der Waals surface area contributed by atoms with Gasteiger partial charge in [0.15, 0.2) is 0 Å². The lowest BCUT2D eigenvalue weighted by atomic mass is 10.4. The Morgan fingerprint density at radius 3 is 2.60 bits per heavy atom. The topological polar surface area (TPSA) is 24.5 Å². The first-order chi connectivity index (χ1) is 7.24. The van der Waals surface area contributed by atoms with E-state index in [0.717, 1.165) is 25.7 Å². The van der Waals surface area contributed by atoms with E-state index in [1.54, 1.807) is 0 Å². The van der Waals surface area contributed by atoms with Crippen LogP contribution in [0.25, 0.3) is 0 Å². The van der Waals surface area contributed by atoms with Crippen LogP contribution in [0.5, 0.6) is 0 Å². The molecule has 0 atom stereocenters. The number of ether oxygens (including phenoxy) is 1. The fraction of sp³-hybridized carbons (Fsp3) is 1.00. The molecular formula is C12H26N2O. The molecule has 1 saturated carbocycles. The second-order valence-corrected chi connectivity index (χ2v) is 4.53. The average molecular weight is 214 g/mol. The van der Waals surface area contributed by atoms with E-state index >= 15 is 0 Å². The first-order valence-corrected chi connectivity index (χ1v) is 6.30. The Kier molecular flexibility index (Phi) is 6.22. The monoisotopic (exact) mass is 214 g/mol. The standard InChI is InChI=1S/C12H26N2O/c1-4-14(12-5-6-12)9-7-13-8-10-15-11(2)3/h11-13H,4-10H2,1-3H3. The van der Waals surface area contributed by atoms with Gasteiger partial charge in [0.2, 0.25) is 0 Å². The molecule has 1 aliphatic carbocycles. The second-order valence-electron chi connectivity index (χ2n) is 4.53. The third-order valence-electron chi connectivity index (χ3n) is 2.78. The Bertz CT molecular complexity index is 158. The van der Waals surface area contributed by atoms with Gasteiger partial charge in [-0.1, -0.05) is 6.92 Å². The minimum absolute atomic E-state index is 0.352. The van der Waals surface area contributed by atoms with Crippen LogP contribution in [-0.4, -0.2) is 49.8 Å². The summed E-state index contributed by atoms with van der Waals surface area (Å²) in [5, 5.41) is 3.42. The summed E-state index contributed by atoms with van der Waals surface area (Å²) in [5.74, 6) is 0. The van der Waals surface area contributed by atoms with Crippen molar-refractivity contribution >= 4 is 0 Å². The maximum Gasteiger partial charge on any atom is 0.0594 e. The van der Waals surface area contributed by atoms with Crippen molar-refractivity contribution in [2.75, 3.05) is 32.8 Å². The van der Waals surface area contributed by atoms with E-state index in [9.17, 15) is 0 Å². The third kappa shape index (κ3) is 6.13. The average Bonchev–Trinajstić information content (AvgIpc) is 3.00. The van der Waals surface area contributed by atoms with Crippen molar-refractivity contribution in [2.24, 2.45) is 0 Å². The van der Waals surface area contributed by atoms with Crippen molar-refractivity contribution < 1.29 is 4.74 Å². The van der Waals surface area contributed by atoms with E-state index in [1.807, 2.05) is 0 Å². The molecule has 3 heteroatoms. The zero-order valence-corrected chi connectivity index (χ0v) is 10.5. The van der Waals surface area contributed by atoms with Crippen molar-refractivity contribution in [1.82, 2.24) is 10.2 Å². The summed E-state index contributed by atoms with van der Waals surface area (Å²) < 4.78 is 5.46. The minimum atomic E-state index is 0.352. The van der Waals surface area contributed by atoms with Crippen LogP contribution in [-0.2, 0) is 4.74 Å². The predicted molar refractivity (Wildman–Crippen MR) is 64.2 cm³/mol. The van der Waals surface area contributed by atoms with Crippen LogP contribution in [0.15, 0.2) is 0 Å². The van der Waals surface area contributed by atoms with Gasteiger partial charge < -0.3 is 10.1 Å². The highest BCUT2D eigenvalue weighted by atomic mass is 16.5. The molecule has 0 amide bonds. The highest BCUT2D eigenvalue weighted by molar-refractivity contribution is 4.83. The van der Waals surface area contributed by atoms with Gasteiger partial charge in [0, 0.05) is 25.7 Å². The molecule has 0 aromatic carbocycles. The summed E-state index contributed by atoms with van der Waals surface area (Å²) in [5.41, 5.74) is 0. The molecule has 15 heavy (non-hydrogen) atoms. The molecule has 0 unspecified atom stereocenters. The maximum absolute atomic E-state index is 5.46. The molecule has 0 radical (unpaired) electrons. The van der Waals surface area contributed by atoms with Gasteiger partial charge >= 0.3 is 0 Å². The lowest BCUT2D eigenvalue weighted by molar-refractivity contribution is 0.0805. The Morgan fingerprint density at radius 1 is 1.33 bits per heavy atom. The van der Waals surface area contributed by atoms with Gasteiger partial charge in [0.25, 0.3) is 0 Å². The summed E-state index contributed by atoms with van der Waals surface area (Å²) in [4.78, 5) is 2.57. The zero-order chi connectivity index (χ0) is 11.1. The molecule has 1 fully saturated rings. The maximum atomic E-state index is 5.46. The fourth-order valence-corrected chi connectivity index (χ4v) is 1.75. The van der Waals surface area contributed by atoms with E-state index in [1.165, 1.54) is 25.9 Å². The summed E-state index contributed by atoms with van der Waals surface area (Å²) >= 11 is 0. The number of rotatable bonds is 9. The van der Waals surface area contributed by atoms with Crippen LogP contribution >= 0.6 is 0 Å². The normalized spacial score (nSPS) is 16.6. The lowest BCUT2D eigenvalue weighted by Crippen LogP contribution is -2.34. The van der Waals surface area contributed by atoms with Crippen molar-refractivity contribution in [1.29, 1.82) is 0 Å². The van der Waals surface area contributed by atoms with E-state index in [2.05, 4.69) is 31.0 Å². The number of hydrogen-bond acceptors (Lipinski definition) is 3. The molecule has 0 aliphatic heterocycles. The Hall–Kier alpha value is -0.120. The van der Waals surface area contributed by atoms with Crippen LogP contribution < -0.4 is 5.32 Å². The molecule has 0 aromatic heterocycles. The molecule has 1 rings (SSSR count). The van der Waals surface area contributed by atoms with Crippen molar-refractivity contribution in [3.63, 3.8) is 0 Å². The summed E-state index contributed by atoms with van der Waals surface area (Å²) in [6.45, 7) is 11.7. The van der Waals surface area contributed by atoms with Crippen molar-refractivity contribution in [2.45, 2.75) is 45.8 Å². The SMILES string of the molecule is CCN(CCNCCOC(C)C)C1CC1. The molecule has 90 valence electrons. The van der Waals surface area contributed by atoms with Crippen LogP contribution in [0, 0.1) is 0 Å². The molecule has 0 bridgehead atoms. The molecule has 1 aliphatic rings. The molecule has 0 aromatic rings. The number of hydrogen-bond donors (Lipinski definition) is 1. The molecular weight excluding hydrogens is 188 g/mol. The van der Waals surface area contributed by atoms with Crippen LogP contribution in [0.1, 0.15) is 33.6 Å². The Labute approximate surface area is 94.2 Å². The predicted octanol–water partition coefficient (Wildman–Crippen LogP) is 1.49. The van der Waals surface area contributed by atoms with Gasteiger partial charge in [0.1, 0.15) is 0 Å². The quantitative estimate of drug-likeness (QED) is 0.589. The largest absolute Gasteiger partial charge is 0.377 e. The zero-order valence-electron chi connectivity index (χ0n) is 10.5. The Morgan fingerprint density at radius 2 is 2.07 bits per heavy atom. The first-order valence-electron chi connectivity index (χ1n) is 6.30. The lowest BCUT2D eigenvalue weighted by Gasteiger charge is -2.19. The summed E-state index contributed by atoms with van der Waals surface area (Å²) in [6, 6.07) is 0.892. The number of nitrogens with zero attached hydrogens (tertiary/aromatic N) is 1. The Balaban J connectivity index is 1.87. The second kappa shape index (κ2) is 7.20. The fourth-order valence-electron chi connectivity index (χ4n) is 1.75. The van der Waals surface area contributed by atoms with Gasteiger partial charge in [-0.05, 0) is 33.2 Å². The van der Waals surface area contributed by atoms with E-state index in [4.69, 9.17) is 4.74 Å². The van der Waals surface area contributed by atoms with E-state index in [-0.39, 0.29) is 0 Å².